The van der Waals surface area contributed by atoms with E-state index in [1.807, 2.05) is 6.07 Å². The van der Waals surface area contributed by atoms with Gasteiger partial charge in [-0.05, 0) is 30.7 Å². The molecule has 0 fully saturated rings. The molecule has 5 heteroatoms. The summed E-state index contributed by atoms with van der Waals surface area (Å²) in [6.45, 7) is 0.540. The fourth-order valence-corrected chi connectivity index (χ4v) is 2.29. The summed E-state index contributed by atoms with van der Waals surface area (Å²) in [7, 11) is 3.51. The number of fused-ring (bicyclic) bond motifs is 1. The summed E-state index contributed by atoms with van der Waals surface area (Å²) in [4.78, 5) is 11.8. The van der Waals surface area contributed by atoms with Crippen LogP contribution in [0.25, 0.3) is 11.0 Å². The van der Waals surface area contributed by atoms with Crippen LogP contribution in [0.4, 0.5) is 0 Å². The second kappa shape index (κ2) is 3.96. The van der Waals surface area contributed by atoms with Crippen molar-refractivity contribution < 1.29 is 0 Å². The molecule has 0 atom stereocenters. The number of imidazole rings is 1. The van der Waals surface area contributed by atoms with Gasteiger partial charge in [-0.15, -0.1) is 0 Å². The van der Waals surface area contributed by atoms with Crippen molar-refractivity contribution in [3.63, 3.8) is 0 Å². The molecule has 0 saturated heterocycles. The number of nitrogens with two attached hydrogens (primary N) is 1. The molecule has 1 aromatic heterocycles. The Hall–Kier alpha value is -1.26. The van der Waals surface area contributed by atoms with Crippen LogP contribution < -0.4 is 11.4 Å². The smallest absolute Gasteiger partial charge is 0.328 e. The van der Waals surface area contributed by atoms with Gasteiger partial charge in [-0.25, -0.2) is 4.79 Å². The molecule has 2 aromatic rings. The molecule has 4 nitrogen and oxygen atoms in total. The third-order valence-electron chi connectivity index (χ3n) is 2.82. The van der Waals surface area contributed by atoms with Gasteiger partial charge in [0.05, 0.1) is 11.0 Å². The Morgan fingerprint density at radius 1 is 1.31 bits per heavy atom. The maximum absolute atomic E-state index is 11.8. The number of hydrogen-bond donors (Lipinski definition) is 1. The van der Waals surface area contributed by atoms with Gasteiger partial charge >= 0.3 is 5.69 Å². The van der Waals surface area contributed by atoms with Crippen LogP contribution in [0.5, 0.6) is 0 Å². The maximum atomic E-state index is 11.8. The van der Waals surface area contributed by atoms with Crippen LogP contribution in [0.15, 0.2) is 16.9 Å². The minimum atomic E-state index is -0.0458. The molecular weight excluding hydrogens is 226 g/mol. The van der Waals surface area contributed by atoms with Crippen molar-refractivity contribution in [3.05, 3.63) is 33.2 Å². The second-order valence-electron chi connectivity index (χ2n) is 3.87. The Labute approximate surface area is 98.2 Å². The Kier molecular flexibility index (Phi) is 2.78. The van der Waals surface area contributed by atoms with Crippen LogP contribution in [0.3, 0.4) is 0 Å². The van der Waals surface area contributed by atoms with Crippen LogP contribution in [-0.2, 0) is 20.5 Å². The highest BCUT2D eigenvalue weighted by atomic mass is 35.5. The average molecular weight is 240 g/mol. The predicted molar refractivity (Wildman–Crippen MR) is 65.9 cm³/mol. The Morgan fingerprint density at radius 3 is 2.62 bits per heavy atom. The van der Waals surface area contributed by atoms with Gasteiger partial charge in [0.2, 0.25) is 0 Å². The van der Waals surface area contributed by atoms with Crippen LogP contribution in [0.2, 0.25) is 5.02 Å². The first-order chi connectivity index (χ1) is 7.56. The fourth-order valence-electron chi connectivity index (χ4n) is 2.05. The molecule has 0 bridgehead atoms. The number of rotatable bonds is 2. The van der Waals surface area contributed by atoms with Crippen molar-refractivity contribution in [2.24, 2.45) is 19.8 Å². The molecule has 0 amide bonds. The van der Waals surface area contributed by atoms with Crippen LogP contribution >= 0.6 is 11.6 Å². The van der Waals surface area contributed by atoms with Crippen LogP contribution in [0.1, 0.15) is 5.56 Å². The first kappa shape index (κ1) is 11.2. The zero-order valence-corrected chi connectivity index (χ0v) is 10.1. The van der Waals surface area contributed by atoms with Crippen molar-refractivity contribution in [3.8, 4) is 0 Å². The summed E-state index contributed by atoms with van der Waals surface area (Å²) >= 11 is 6.03. The lowest BCUT2D eigenvalue weighted by Crippen LogP contribution is -2.19. The molecule has 0 aliphatic heterocycles. The number of nitrogens with zero attached hydrogens (tertiary/aromatic N) is 2. The normalized spacial score (nSPS) is 11.2. The number of hydrogen-bond acceptors (Lipinski definition) is 2. The number of aromatic nitrogens is 2. The minimum Gasteiger partial charge on any atom is -0.330 e. The Balaban J connectivity index is 2.90. The predicted octanol–water partition coefficient (Wildman–Crippen LogP) is 1.03. The van der Waals surface area contributed by atoms with Crippen molar-refractivity contribution in [2.45, 2.75) is 6.42 Å². The summed E-state index contributed by atoms with van der Waals surface area (Å²) in [6.07, 6.45) is 0.717. The average Bonchev–Trinajstić information content (AvgIpc) is 2.44. The summed E-state index contributed by atoms with van der Waals surface area (Å²) < 4.78 is 3.23. The lowest BCUT2D eigenvalue weighted by atomic mass is 10.1. The molecular formula is C11H14ClN3O. The van der Waals surface area contributed by atoms with Gasteiger partial charge < -0.3 is 5.73 Å². The molecule has 1 aromatic carbocycles. The molecule has 0 saturated carbocycles. The van der Waals surface area contributed by atoms with Gasteiger partial charge in [0.15, 0.2) is 0 Å². The molecule has 1 heterocycles. The van der Waals surface area contributed by atoms with Crippen LogP contribution in [-0.4, -0.2) is 15.7 Å². The molecule has 0 aliphatic carbocycles. The largest absolute Gasteiger partial charge is 0.330 e. The van der Waals surface area contributed by atoms with E-state index in [9.17, 15) is 4.79 Å². The molecule has 0 spiro atoms. The SMILES string of the molecule is Cn1c(=O)n(C)c2c(CCN)cc(Cl)cc21. The Morgan fingerprint density at radius 2 is 2.00 bits per heavy atom. The van der Waals surface area contributed by atoms with Gasteiger partial charge in [0.25, 0.3) is 0 Å². The molecule has 0 radical (unpaired) electrons. The van der Waals surface area contributed by atoms with E-state index in [4.69, 9.17) is 17.3 Å². The zero-order valence-electron chi connectivity index (χ0n) is 9.33. The lowest BCUT2D eigenvalue weighted by molar-refractivity contribution is 0.793. The highest BCUT2D eigenvalue weighted by Crippen LogP contribution is 2.22. The van der Waals surface area contributed by atoms with Gasteiger partial charge in [0, 0.05) is 19.1 Å². The van der Waals surface area contributed by atoms with Gasteiger partial charge in [-0.1, -0.05) is 11.6 Å². The Bertz CT molecular complexity index is 597. The van der Waals surface area contributed by atoms with Crippen LogP contribution in [0, 0.1) is 0 Å². The monoisotopic (exact) mass is 239 g/mol. The van der Waals surface area contributed by atoms with Gasteiger partial charge in [-0.3, -0.25) is 9.13 Å². The lowest BCUT2D eigenvalue weighted by Gasteiger charge is -2.04. The van der Waals surface area contributed by atoms with E-state index in [1.165, 1.54) is 0 Å². The van der Waals surface area contributed by atoms with Crippen molar-refractivity contribution >= 4 is 22.6 Å². The molecule has 2 rings (SSSR count). The summed E-state index contributed by atoms with van der Waals surface area (Å²) in [5.74, 6) is 0. The molecule has 2 N–H and O–H groups in total. The van der Waals surface area contributed by atoms with Gasteiger partial charge in [0.1, 0.15) is 0 Å². The number of benzene rings is 1. The van der Waals surface area contributed by atoms with E-state index in [0.717, 1.165) is 16.6 Å². The fraction of sp³-hybridized carbons (Fsp3) is 0.364. The van der Waals surface area contributed by atoms with E-state index >= 15 is 0 Å². The van der Waals surface area contributed by atoms with E-state index in [2.05, 4.69) is 0 Å². The topological polar surface area (TPSA) is 53.0 Å². The standard InChI is InChI=1S/C11H14ClN3O/c1-14-9-6-8(12)5-7(3-4-13)10(9)15(2)11(14)16/h5-6H,3-4,13H2,1-2H3. The number of halogens is 1. The van der Waals surface area contributed by atoms with E-state index in [1.54, 1.807) is 29.3 Å². The molecule has 16 heavy (non-hydrogen) atoms. The van der Waals surface area contributed by atoms with Gasteiger partial charge in [-0.2, -0.15) is 0 Å². The second-order valence-corrected chi connectivity index (χ2v) is 4.31. The van der Waals surface area contributed by atoms with E-state index in [-0.39, 0.29) is 5.69 Å². The highest BCUT2D eigenvalue weighted by Gasteiger charge is 2.12. The molecule has 0 aliphatic rings. The van der Waals surface area contributed by atoms with Crippen molar-refractivity contribution in [1.29, 1.82) is 0 Å². The third-order valence-corrected chi connectivity index (χ3v) is 3.04. The first-order valence-corrected chi connectivity index (χ1v) is 5.48. The highest BCUT2D eigenvalue weighted by molar-refractivity contribution is 6.31. The number of aryl methyl sites for hydroxylation is 2. The van der Waals surface area contributed by atoms with E-state index in [0.29, 0.717) is 18.0 Å². The summed E-state index contributed by atoms with van der Waals surface area (Å²) in [5.41, 5.74) is 8.30. The zero-order chi connectivity index (χ0) is 11.9. The summed E-state index contributed by atoms with van der Waals surface area (Å²) in [5, 5.41) is 0.636. The first-order valence-electron chi connectivity index (χ1n) is 5.10. The van der Waals surface area contributed by atoms with Crippen molar-refractivity contribution in [2.75, 3.05) is 6.54 Å². The van der Waals surface area contributed by atoms with Crippen molar-refractivity contribution in [1.82, 2.24) is 9.13 Å². The quantitative estimate of drug-likeness (QED) is 0.851. The maximum Gasteiger partial charge on any atom is 0.328 e. The van der Waals surface area contributed by atoms with E-state index < -0.39 is 0 Å². The molecule has 86 valence electrons. The third kappa shape index (κ3) is 1.54. The minimum absolute atomic E-state index is 0.0458. The molecule has 0 unspecified atom stereocenters. The summed E-state index contributed by atoms with van der Waals surface area (Å²) in [6, 6.07) is 3.68.